The molecule has 1 heterocycles. The fourth-order valence-corrected chi connectivity index (χ4v) is 2.46. The van der Waals surface area contributed by atoms with E-state index in [1.165, 1.54) is 0 Å². The molecule has 1 aromatic carbocycles. The van der Waals surface area contributed by atoms with E-state index >= 15 is 0 Å². The van der Waals surface area contributed by atoms with Gasteiger partial charge in [-0.2, -0.15) is 0 Å². The minimum atomic E-state index is -0.161. The zero-order valence-corrected chi connectivity index (χ0v) is 9.83. The van der Waals surface area contributed by atoms with Crippen molar-refractivity contribution in [2.75, 3.05) is 6.54 Å². The van der Waals surface area contributed by atoms with Crippen LogP contribution in [0.3, 0.4) is 0 Å². The van der Waals surface area contributed by atoms with Crippen LogP contribution < -0.4 is 0 Å². The minimum Gasteiger partial charge on any atom is -0.297 e. The number of carbonyl (C=O) groups excluding carboxylic acids is 3. The monoisotopic (exact) mass is 243 g/mol. The van der Waals surface area contributed by atoms with E-state index in [4.69, 9.17) is 0 Å². The summed E-state index contributed by atoms with van der Waals surface area (Å²) in [5.74, 6) is -0.661. The lowest BCUT2D eigenvalue weighted by Gasteiger charge is -2.15. The second kappa shape index (κ2) is 4.05. The summed E-state index contributed by atoms with van der Waals surface area (Å²) in [7, 11) is 0. The number of piperidine rings is 1. The molecule has 2 amide bonds. The van der Waals surface area contributed by atoms with Gasteiger partial charge in [0.15, 0.2) is 5.78 Å². The molecule has 4 heteroatoms. The molecule has 0 N–H and O–H groups in total. The van der Waals surface area contributed by atoms with Gasteiger partial charge < -0.3 is 0 Å². The number of amides is 2. The Hall–Kier alpha value is -1.97. The number of carbonyl (C=O) groups is 3. The van der Waals surface area contributed by atoms with Crippen LogP contribution in [0, 0.1) is 11.8 Å². The Balaban J connectivity index is 1.62. The summed E-state index contributed by atoms with van der Waals surface area (Å²) in [6.07, 6.45) is 0.953. The maximum absolute atomic E-state index is 11.8. The molecular formula is C14H13NO3. The lowest BCUT2D eigenvalue weighted by Crippen LogP contribution is -2.37. The third kappa shape index (κ3) is 1.83. The largest absolute Gasteiger partial charge is 0.297 e. The molecule has 1 aromatic rings. The molecule has 18 heavy (non-hydrogen) atoms. The standard InChI is InChI=1S/C14H13NO3/c16-10(6-9-4-2-1-3-5-9)8-15-13(17)11-7-12(11)14(15)18/h1-5,11-12H,6-8H2. The molecule has 1 aliphatic carbocycles. The molecule has 2 aliphatic rings. The molecule has 3 rings (SSSR count). The first-order valence-corrected chi connectivity index (χ1v) is 6.07. The Morgan fingerprint density at radius 2 is 1.72 bits per heavy atom. The van der Waals surface area contributed by atoms with Crippen LogP contribution >= 0.6 is 0 Å². The third-order valence-corrected chi connectivity index (χ3v) is 3.54. The third-order valence-electron chi connectivity index (χ3n) is 3.54. The van der Waals surface area contributed by atoms with Gasteiger partial charge in [0.1, 0.15) is 0 Å². The number of benzene rings is 1. The van der Waals surface area contributed by atoms with Crippen molar-refractivity contribution >= 4 is 17.6 Å². The van der Waals surface area contributed by atoms with E-state index in [2.05, 4.69) is 0 Å². The summed E-state index contributed by atoms with van der Waals surface area (Å²) >= 11 is 0. The van der Waals surface area contributed by atoms with Crippen molar-refractivity contribution in [1.82, 2.24) is 4.90 Å². The molecule has 2 unspecified atom stereocenters. The quantitative estimate of drug-likeness (QED) is 0.735. The molecular weight excluding hydrogens is 230 g/mol. The Kier molecular flexibility index (Phi) is 2.51. The summed E-state index contributed by atoms with van der Waals surface area (Å²) in [6, 6.07) is 9.34. The van der Waals surface area contributed by atoms with Gasteiger partial charge in [-0.15, -0.1) is 0 Å². The van der Waals surface area contributed by atoms with Crippen molar-refractivity contribution in [3.63, 3.8) is 0 Å². The van der Waals surface area contributed by atoms with Crippen molar-refractivity contribution in [2.45, 2.75) is 12.8 Å². The predicted octanol–water partition coefficient (Wildman–Crippen LogP) is 0.803. The van der Waals surface area contributed by atoms with E-state index in [0.717, 1.165) is 10.5 Å². The maximum Gasteiger partial charge on any atom is 0.233 e. The number of hydrogen-bond acceptors (Lipinski definition) is 3. The highest BCUT2D eigenvalue weighted by Gasteiger charge is 2.58. The van der Waals surface area contributed by atoms with Crippen LogP contribution in [0.2, 0.25) is 0 Å². The van der Waals surface area contributed by atoms with Crippen LogP contribution in [0.1, 0.15) is 12.0 Å². The van der Waals surface area contributed by atoms with E-state index in [1.807, 2.05) is 30.3 Å². The first kappa shape index (κ1) is 11.1. The van der Waals surface area contributed by atoms with Gasteiger partial charge in [-0.1, -0.05) is 30.3 Å². The van der Waals surface area contributed by atoms with Crippen molar-refractivity contribution in [2.24, 2.45) is 11.8 Å². The van der Waals surface area contributed by atoms with E-state index in [-0.39, 0.29) is 42.4 Å². The number of imide groups is 1. The first-order valence-electron chi connectivity index (χ1n) is 6.07. The van der Waals surface area contributed by atoms with Crippen LogP contribution in [0.15, 0.2) is 30.3 Å². The van der Waals surface area contributed by atoms with Crippen LogP contribution in [-0.4, -0.2) is 29.0 Å². The van der Waals surface area contributed by atoms with Crippen molar-refractivity contribution in [1.29, 1.82) is 0 Å². The van der Waals surface area contributed by atoms with Crippen molar-refractivity contribution in [3.05, 3.63) is 35.9 Å². The lowest BCUT2D eigenvalue weighted by atomic mass is 10.1. The number of Topliss-reactive ketones (excluding diaryl/α,β-unsaturated/α-hetero) is 1. The van der Waals surface area contributed by atoms with Gasteiger partial charge in [0, 0.05) is 6.42 Å². The average molecular weight is 243 g/mol. The number of rotatable bonds is 4. The molecule has 0 radical (unpaired) electrons. The zero-order chi connectivity index (χ0) is 12.7. The molecule has 0 aromatic heterocycles. The fraction of sp³-hybridized carbons (Fsp3) is 0.357. The van der Waals surface area contributed by atoms with Gasteiger partial charge in [0.25, 0.3) is 0 Å². The van der Waals surface area contributed by atoms with Crippen LogP contribution in [0.4, 0.5) is 0 Å². The lowest BCUT2D eigenvalue weighted by molar-refractivity contribution is -0.144. The van der Waals surface area contributed by atoms with Gasteiger partial charge in [0.2, 0.25) is 11.8 Å². The molecule has 1 saturated heterocycles. The molecule has 4 nitrogen and oxygen atoms in total. The van der Waals surface area contributed by atoms with Gasteiger partial charge in [-0.3, -0.25) is 19.3 Å². The normalized spacial score (nSPS) is 25.2. The Morgan fingerprint density at radius 1 is 1.11 bits per heavy atom. The molecule has 2 fully saturated rings. The summed E-state index contributed by atoms with van der Waals surface area (Å²) in [6.45, 7) is -0.0699. The Labute approximate surface area is 105 Å². The highest BCUT2D eigenvalue weighted by Crippen LogP contribution is 2.46. The molecule has 1 aliphatic heterocycles. The number of hydrogen-bond donors (Lipinski definition) is 0. The van der Waals surface area contributed by atoms with Gasteiger partial charge in [-0.25, -0.2) is 0 Å². The molecule has 92 valence electrons. The number of fused-ring (bicyclic) bond motifs is 1. The zero-order valence-electron chi connectivity index (χ0n) is 9.83. The van der Waals surface area contributed by atoms with Crippen LogP contribution in [0.25, 0.3) is 0 Å². The van der Waals surface area contributed by atoms with Gasteiger partial charge in [0.05, 0.1) is 18.4 Å². The summed E-state index contributed by atoms with van der Waals surface area (Å²) in [5, 5.41) is 0. The van der Waals surface area contributed by atoms with Gasteiger partial charge >= 0.3 is 0 Å². The molecule has 2 atom stereocenters. The topological polar surface area (TPSA) is 54.5 Å². The molecule has 0 bridgehead atoms. The second-order valence-electron chi connectivity index (χ2n) is 4.91. The number of likely N-dealkylation sites (tertiary alicyclic amines) is 1. The smallest absolute Gasteiger partial charge is 0.233 e. The Morgan fingerprint density at radius 3 is 2.33 bits per heavy atom. The fourth-order valence-electron chi connectivity index (χ4n) is 2.46. The SMILES string of the molecule is O=C(Cc1ccccc1)CN1C(=O)C2CC2C1=O. The Bertz CT molecular complexity index is 503. The number of nitrogens with zero attached hydrogens (tertiary/aromatic N) is 1. The van der Waals surface area contributed by atoms with E-state index in [9.17, 15) is 14.4 Å². The van der Waals surface area contributed by atoms with Gasteiger partial charge in [-0.05, 0) is 12.0 Å². The number of ketones is 1. The van der Waals surface area contributed by atoms with E-state index < -0.39 is 0 Å². The summed E-state index contributed by atoms with van der Waals surface area (Å²) in [5.41, 5.74) is 0.909. The van der Waals surface area contributed by atoms with Crippen molar-refractivity contribution < 1.29 is 14.4 Å². The molecule has 1 saturated carbocycles. The average Bonchev–Trinajstić information content (AvgIpc) is 3.11. The van der Waals surface area contributed by atoms with E-state index in [0.29, 0.717) is 6.42 Å². The van der Waals surface area contributed by atoms with Crippen molar-refractivity contribution in [3.8, 4) is 0 Å². The highest BCUT2D eigenvalue weighted by molar-refractivity contribution is 6.10. The highest BCUT2D eigenvalue weighted by atomic mass is 16.2. The first-order chi connectivity index (χ1) is 8.66. The second-order valence-corrected chi connectivity index (χ2v) is 4.91. The van der Waals surface area contributed by atoms with E-state index in [1.54, 1.807) is 0 Å². The van der Waals surface area contributed by atoms with Crippen LogP contribution in [0.5, 0.6) is 0 Å². The minimum absolute atomic E-state index is 0.0699. The summed E-state index contributed by atoms with van der Waals surface area (Å²) < 4.78 is 0. The maximum atomic E-state index is 11.8. The summed E-state index contributed by atoms with van der Waals surface area (Å²) in [4.78, 5) is 36.4. The van der Waals surface area contributed by atoms with Crippen LogP contribution in [-0.2, 0) is 20.8 Å². The molecule has 0 spiro atoms. The predicted molar refractivity (Wildman–Crippen MR) is 63.5 cm³/mol.